The molecule has 0 saturated heterocycles. The van der Waals surface area contributed by atoms with Gasteiger partial charge in [0.15, 0.2) is 0 Å². The summed E-state index contributed by atoms with van der Waals surface area (Å²) < 4.78 is 0.135. The Morgan fingerprint density at radius 2 is 1.50 bits per heavy atom. The third kappa shape index (κ3) is 1.30. The fourth-order valence-electron chi connectivity index (χ4n) is 1.28. The molecule has 1 aliphatic rings. The zero-order valence-electron chi connectivity index (χ0n) is 6.23. The molecule has 64 valence electrons. The molecule has 0 aliphatic heterocycles. The Hall–Kier alpha value is 0.660. The Labute approximate surface area is 97.1 Å². The lowest BCUT2D eigenvalue weighted by Gasteiger charge is -2.09. The van der Waals surface area contributed by atoms with Crippen LogP contribution >= 0.6 is 47.8 Å². The highest BCUT2D eigenvalue weighted by molar-refractivity contribution is 9.26. The maximum absolute atomic E-state index is 3.73. The maximum atomic E-state index is 3.73. The van der Waals surface area contributed by atoms with Crippen LogP contribution in [0.25, 0.3) is 0 Å². The van der Waals surface area contributed by atoms with E-state index >= 15 is 0 Å². The van der Waals surface area contributed by atoms with E-state index in [0.717, 1.165) is 6.42 Å². The Morgan fingerprint density at radius 3 is 1.92 bits per heavy atom. The lowest BCUT2D eigenvalue weighted by molar-refractivity contribution is 1.06. The van der Waals surface area contributed by atoms with Crippen LogP contribution in [0.4, 0.5) is 0 Å². The largest absolute Gasteiger partial charge is 0.102 e. The van der Waals surface area contributed by atoms with E-state index < -0.39 is 0 Å². The summed E-state index contributed by atoms with van der Waals surface area (Å²) in [6.45, 7) is 0. The predicted molar refractivity (Wildman–Crippen MR) is 62.2 cm³/mol. The second-order valence-corrected chi connectivity index (χ2v) is 8.17. The molecule has 2 rings (SSSR count). The van der Waals surface area contributed by atoms with Gasteiger partial charge in [-0.1, -0.05) is 78.1 Å². The van der Waals surface area contributed by atoms with Crippen molar-refractivity contribution in [1.82, 2.24) is 0 Å². The first-order valence-electron chi connectivity index (χ1n) is 3.68. The number of hydrogen-bond donors (Lipinski definition) is 0. The fraction of sp³-hybridized carbons (Fsp3) is 0.333. The molecule has 1 saturated carbocycles. The second kappa shape index (κ2) is 2.82. The standard InChI is InChI=1S/C9H7Br3/c10-8(6-9(8,11)12)7-4-2-1-3-5-7/h1-5H,6H2/t8-/m1/s1. The molecule has 0 bridgehead atoms. The monoisotopic (exact) mass is 352 g/mol. The summed E-state index contributed by atoms with van der Waals surface area (Å²) >= 11 is 11.0. The van der Waals surface area contributed by atoms with Crippen molar-refractivity contribution >= 4 is 47.8 Å². The molecule has 0 amide bonds. The second-order valence-electron chi connectivity index (χ2n) is 3.05. The summed E-state index contributed by atoms with van der Waals surface area (Å²) in [5.74, 6) is 0. The zero-order valence-corrected chi connectivity index (χ0v) is 11.0. The third-order valence-corrected chi connectivity index (χ3v) is 6.55. The molecule has 0 radical (unpaired) electrons. The highest BCUT2D eigenvalue weighted by atomic mass is 79.9. The van der Waals surface area contributed by atoms with Crippen molar-refractivity contribution in [3.63, 3.8) is 0 Å². The fourth-order valence-corrected chi connectivity index (χ4v) is 4.01. The van der Waals surface area contributed by atoms with Crippen LogP contribution < -0.4 is 0 Å². The van der Waals surface area contributed by atoms with E-state index in [1.807, 2.05) is 6.07 Å². The van der Waals surface area contributed by atoms with Crippen molar-refractivity contribution in [2.75, 3.05) is 0 Å². The molecule has 0 aromatic heterocycles. The van der Waals surface area contributed by atoms with Gasteiger partial charge in [-0.15, -0.1) is 0 Å². The van der Waals surface area contributed by atoms with Gasteiger partial charge in [0.1, 0.15) is 3.23 Å². The van der Waals surface area contributed by atoms with Gasteiger partial charge in [-0.2, -0.15) is 0 Å². The Balaban J connectivity index is 2.35. The number of rotatable bonds is 1. The molecule has 3 heteroatoms. The van der Waals surface area contributed by atoms with Gasteiger partial charge in [0.2, 0.25) is 0 Å². The average molecular weight is 355 g/mol. The quantitative estimate of drug-likeness (QED) is 0.664. The van der Waals surface area contributed by atoms with E-state index in [1.165, 1.54) is 5.56 Å². The first kappa shape index (κ1) is 9.22. The number of hydrogen-bond acceptors (Lipinski definition) is 0. The average Bonchev–Trinajstić information content (AvgIpc) is 2.55. The maximum Gasteiger partial charge on any atom is 0.102 e. The number of benzene rings is 1. The molecule has 12 heavy (non-hydrogen) atoms. The lowest BCUT2D eigenvalue weighted by atomic mass is 10.1. The summed E-state index contributed by atoms with van der Waals surface area (Å²) in [4.78, 5) is 0. The Kier molecular flexibility index (Phi) is 2.17. The first-order chi connectivity index (χ1) is 5.56. The van der Waals surface area contributed by atoms with Crippen LogP contribution in [0.1, 0.15) is 12.0 Å². The molecule has 1 aliphatic carbocycles. The molecule has 0 N–H and O–H groups in total. The summed E-state index contributed by atoms with van der Waals surface area (Å²) in [6, 6.07) is 10.4. The molecule has 0 nitrogen and oxygen atoms in total. The molecular formula is C9H7Br3. The van der Waals surface area contributed by atoms with Crippen molar-refractivity contribution in [2.45, 2.75) is 14.0 Å². The van der Waals surface area contributed by atoms with E-state index in [2.05, 4.69) is 72.1 Å². The van der Waals surface area contributed by atoms with Gasteiger partial charge in [0, 0.05) is 0 Å². The van der Waals surface area contributed by atoms with Gasteiger partial charge < -0.3 is 0 Å². The topological polar surface area (TPSA) is 0 Å². The molecule has 1 aromatic carbocycles. The van der Waals surface area contributed by atoms with Gasteiger partial charge in [-0.3, -0.25) is 0 Å². The summed E-state index contributed by atoms with van der Waals surface area (Å²) in [6.07, 6.45) is 1.07. The molecule has 0 unspecified atom stereocenters. The van der Waals surface area contributed by atoms with Gasteiger partial charge in [-0.25, -0.2) is 0 Å². The number of alkyl halides is 3. The van der Waals surface area contributed by atoms with E-state index in [4.69, 9.17) is 0 Å². The van der Waals surface area contributed by atoms with Crippen LogP contribution in [-0.2, 0) is 4.32 Å². The molecule has 1 aromatic rings. The summed E-state index contributed by atoms with van der Waals surface area (Å²) in [7, 11) is 0. The molecular weight excluding hydrogens is 348 g/mol. The normalized spacial score (nSPS) is 31.6. The van der Waals surface area contributed by atoms with Crippen LogP contribution in [-0.4, -0.2) is 3.23 Å². The minimum atomic E-state index is 0.0500. The SMILES string of the molecule is BrC1(Br)C[C@@]1(Br)c1ccccc1. The first-order valence-corrected chi connectivity index (χ1v) is 6.06. The lowest BCUT2D eigenvalue weighted by Crippen LogP contribution is -2.04. The van der Waals surface area contributed by atoms with Crippen LogP contribution in [0, 0.1) is 0 Å². The highest BCUT2D eigenvalue weighted by Crippen LogP contribution is 2.70. The molecule has 1 fully saturated rings. The predicted octanol–water partition coefficient (Wildman–Crippen LogP) is 4.17. The smallest absolute Gasteiger partial charge is 0.0775 e. The zero-order chi connectivity index (χ0) is 8.82. The summed E-state index contributed by atoms with van der Waals surface area (Å²) in [5.41, 5.74) is 1.32. The van der Waals surface area contributed by atoms with Crippen molar-refractivity contribution in [2.24, 2.45) is 0 Å². The molecule has 0 spiro atoms. The van der Waals surface area contributed by atoms with E-state index in [9.17, 15) is 0 Å². The van der Waals surface area contributed by atoms with E-state index in [1.54, 1.807) is 0 Å². The van der Waals surface area contributed by atoms with Crippen molar-refractivity contribution in [3.05, 3.63) is 35.9 Å². The summed E-state index contributed by atoms with van der Waals surface area (Å²) in [5, 5.41) is 0. The minimum absolute atomic E-state index is 0.0500. The Morgan fingerprint density at radius 1 is 1.00 bits per heavy atom. The van der Waals surface area contributed by atoms with Crippen molar-refractivity contribution in [3.8, 4) is 0 Å². The molecule has 1 atom stereocenters. The highest BCUT2D eigenvalue weighted by Gasteiger charge is 2.64. The van der Waals surface area contributed by atoms with Gasteiger partial charge in [0.05, 0.1) is 4.32 Å². The van der Waals surface area contributed by atoms with Crippen LogP contribution in [0.15, 0.2) is 30.3 Å². The van der Waals surface area contributed by atoms with E-state index in [-0.39, 0.29) is 7.56 Å². The molecule has 0 heterocycles. The van der Waals surface area contributed by atoms with E-state index in [0.29, 0.717) is 0 Å². The van der Waals surface area contributed by atoms with Crippen LogP contribution in [0.3, 0.4) is 0 Å². The van der Waals surface area contributed by atoms with Gasteiger partial charge in [0.25, 0.3) is 0 Å². The van der Waals surface area contributed by atoms with Gasteiger partial charge in [-0.05, 0) is 12.0 Å². The number of halogens is 3. The van der Waals surface area contributed by atoms with Gasteiger partial charge >= 0.3 is 0 Å². The minimum Gasteiger partial charge on any atom is -0.0775 e. The van der Waals surface area contributed by atoms with Crippen molar-refractivity contribution in [1.29, 1.82) is 0 Å². The van der Waals surface area contributed by atoms with Crippen molar-refractivity contribution < 1.29 is 0 Å². The third-order valence-electron chi connectivity index (χ3n) is 2.15. The Bertz CT molecular complexity index is 294. The van der Waals surface area contributed by atoms with Crippen LogP contribution in [0.2, 0.25) is 0 Å². The van der Waals surface area contributed by atoms with Crippen LogP contribution in [0.5, 0.6) is 0 Å².